The van der Waals surface area contributed by atoms with Gasteiger partial charge in [0.25, 0.3) is 5.91 Å². The summed E-state index contributed by atoms with van der Waals surface area (Å²) in [6.45, 7) is 5.81. The number of para-hydroxylation sites is 2. The van der Waals surface area contributed by atoms with Gasteiger partial charge in [-0.25, -0.2) is 4.98 Å². The second kappa shape index (κ2) is 10.9. The van der Waals surface area contributed by atoms with Gasteiger partial charge < -0.3 is 29.0 Å². The molecule has 1 saturated heterocycles. The average Bonchev–Trinajstić information content (AvgIpc) is 3.26. The Morgan fingerprint density at radius 3 is 2.31 bits per heavy atom. The minimum atomic E-state index is -0.460. The van der Waals surface area contributed by atoms with Gasteiger partial charge in [0.1, 0.15) is 12.4 Å². The molecule has 0 spiro atoms. The maximum atomic E-state index is 13.2. The quantitative estimate of drug-likeness (QED) is 0.512. The number of hydrogen-bond donors (Lipinski definition) is 1. The van der Waals surface area contributed by atoms with E-state index in [0.717, 1.165) is 37.0 Å². The van der Waals surface area contributed by atoms with Crippen LogP contribution in [0, 0.1) is 5.92 Å². The van der Waals surface area contributed by atoms with Crippen molar-refractivity contribution in [3.63, 3.8) is 0 Å². The molecule has 2 amide bonds. The van der Waals surface area contributed by atoms with Crippen LogP contribution in [0.25, 0.3) is 11.0 Å². The zero-order valence-corrected chi connectivity index (χ0v) is 21.5. The molecule has 0 bridgehead atoms. The molecule has 0 saturated carbocycles. The lowest BCUT2D eigenvalue weighted by Gasteiger charge is -2.30. The summed E-state index contributed by atoms with van der Waals surface area (Å²) in [5, 5.41) is 3.01. The lowest BCUT2D eigenvalue weighted by molar-refractivity contribution is -0.133. The second-order valence-electron chi connectivity index (χ2n) is 9.22. The molecule has 1 unspecified atom stereocenters. The largest absolute Gasteiger partial charge is 0.493 e. The minimum absolute atomic E-state index is 0.0643. The minimum Gasteiger partial charge on any atom is -0.493 e. The van der Waals surface area contributed by atoms with Crippen molar-refractivity contribution in [1.29, 1.82) is 0 Å². The number of carbonyl (C=O) groups is 2. The van der Waals surface area contributed by atoms with Crippen molar-refractivity contribution >= 4 is 22.8 Å². The fourth-order valence-electron chi connectivity index (χ4n) is 4.64. The summed E-state index contributed by atoms with van der Waals surface area (Å²) >= 11 is 0. The highest BCUT2D eigenvalue weighted by molar-refractivity contribution is 5.96. The van der Waals surface area contributed by atoms with E-state index in [4.69, 9.17) is 19.2 Å². The van der Waals surface area contributed by atoms with Gasteiger partial charge in [-0.1, -0.05) is 19.1 Å². The van der Waals surface area contributed by atoms with E-state index >= 15 is 0 Å². The molecule has 3 aromatic rings. The number of hydrogen-bond acceptors (Lipinski definition) is 6. The zero-order valence-electron chi connectivity index (χ0n) is 21.5. The number of fused-ring (bicyclic) bond motifs is 1. The normalized spacial score (nSPS) is 15.0. The van der Waals surface area contributed by atoms with Gasteiger partial charge in [0.05, 0.1) is 38.4 Å². The first-order valence-corrected chi connectivity index (χ1v) is 12.2. The number of ether oxygens (including phenoxy) is 3. The summed E-state index contributed by atoms with van der Waals surface area (Å²) in [7, 11) is 4.52. The molecule has 4 rings (SSSR count). The number of carbonyl (C=O) groups excluding carboxylic acids is 2. The molecule has 1 atom stereocenters. The van der Waals surface area contributed by atoms with E-state index in [-0.39, 0.29) is 18.4 Å². The number of rotatable bonds is 8. The van der Waals surface area contributed by atoms with Crippen LogP contribution in [0.4, 0.5) is 0 Å². The van der Waals surface area contributed by atoms with E-state index in [1.54, 1.807) is 12.1 Å². The Morgan fingerprint density at radius 1 is 1.06 bits per heavy atom. The predicted molar refractivity (Wildman–Crippen MR) is 137 cm³/mol. The summed E-state index contributed by atoms with van der Waals surface area (Å²) < 4.78 is 18.0. The van der Waals surface area contributed by atoms with E-state index in [9.17, 15) is 9.59 Å². The number of aromatic nitrogens is 2. The maximum Gasteiger partial charge on any atom is 0.252 e. The third kappa shape index (κ3) is 5.10. The Labute approximate surface area is 211 Å². The van der Waals surface area contributed by atoms with Crippen molar-refractivity contribution in [2.24, 2.45) is 5.92 Å². The third-order valence-electron chi connectivity index (χ3n) is 6.78. The van der Waals surface area contributed by atoms with Crippen molar-refractivity contribution < 1.29 is 23.8 Å². The summed E-state index contributed by atoms with van der Waals surface area (Å²) in [5.74, 6) is 2.20. The van der Waals surface area contributed by atoms with Gasteiger partial charge >= 0.3 is 0 Å². The lowest BCUT2D eigenvalue weighted by atomic mass is 9.99. The molecule has 1 N–H and O–H groups in total. The van der Waals surface area contributed by atoms with Crippen LogP contribution in [0.15, 0.2) is 36.4 Å². The average molecular weight is 495 g/mol. The zero-order chi connectivity index (χ0) is 25.8. The van der Waals surface area contributed by atoms with Crippen molar-refractivity contribution in [1.82, 2.24) is 19.8 Å². The van der Waals surface area contributed by atoms with Crippen LogP contribution in [0.1, 0.15) is 48.9 Å². The SMILES string of the molecule is COc1cc(C(=O)NC(C)c2nc3ccccc3n2CC(=O)N2CCC(C)CC2)cc(OC)c1OC. The van der Waals surface area contributed by atoms with Crippen LogP contribution in [-0.4, -0.2) is 60.7 Å². The Hall–Kier alpha value is -3.75. The van der Waals surface area contributed by atoms with Crippen molar-refractivity contribution in [2.45, 2.75) is 39.3 Å². The summed E-state index contributed by atoms with van der Waals surface area (Å²) in [4.78, 5) is 33.1. The van der Waals surface area contributed by atoms with Gasteiger partial charge in [-0.2, -0.15) is 0 Å². The summed E-state index contributed by atoms with van der Waals surface area (Å²) in [6, 6.07) is 10.5. The predicted octanol–water partition coefficient (Wildman–Crippen LogP) is 3.81. The maximum absolute atomic E-state index is 13.2. The fourth-order valence-corrected chi connectivity index (χ4v) is 4.64. The Bertz CT molecular complexity index is 1220. The van der Waals surface area contributed by atoms with Crippen molar-refractivity contribution in [3.05, 3.63) is 47.8 Å². The summed E-state index contributed by atoms with van der Waals surface area (Å²) in [5.41, 5.74) is 2.00. The van der Waals surface area contributed by atoms with Gasteiger partial charge in [-0.15, -0.1) is 0 Å². The lowest BCUT2D eigenvalue weighted by Crippen LogP contribution is -2.40. The van der Waals surface area contributed by atoms with Crippen molar-refractivity contribution in [2.75, 3.05) is 34.4 Å². The number of nitrogens with one attached hydrogen (secondary N) is 1. The number of imidazole rings is 1. The van der Waals surface area contributed by atoms with Gasteiger partial charge in [0.15, 0.2) is 11.5 Å². The van der Waals surface area contributed by atoms with Crippen LogP contribution >= 0.6 is 0 Å². The van der Waals surface area contributed by atoms with Gasteiger partial charge in [-0.3, -0.25) is 9.59 Å². The molecule has 9 nitrogen and oxygen atoms in total. The van der Waals surface area contributed by atoms with Crippen molar-refractivity contribution in [3.8, 4) is 17.2 Å². The van der Waals surface area contributed by atoms with E-state index in [1.807, 2.05) is 40.7 Å². The van der Waals surface area contributed by atoms with E-state index in [2.05, 4.69) is 12.2 Å². The number of benzene rings is 2. The molecular weight excluding hydrogens is 460 g/mol. The Balaban J connectivity index is 1.60. The third-order valence-corrected chi connectivity index (χ3v) is 6.78. The standard InChI is InChI=1S/C27H34N4O5/c1-17-10-12-30(13-11-17)24(32)16-31-21-9-7-6-8-20(21)29-26(31)18(2)28-27(33)19-14-22(34-3)25(36-5)23(15-19)35-4/h6-9,14-15,17-18H,10-13,16H2,1-5H3,(H,28,33). The fraction of sp³-hybridized carbons (Fsp3) is 0.444. The first-order valence-electron chi connectivity index (χ1n) is 12.2. The number of amides is 2. The summed E-state index contributed by atoms with van der Waals surface area (Å²) in [6.07, 6.45) is 2.04. The molecule has 1 aliphatic heterocycles. The number of likely N-dealkylation sites (tertiary alicyclic amines) is 1. The van der Waals surface area contributed by atoms with Crippen LogP contribution in [0.3, 0.4) is 0 Å². The van der Waals surface area contributed by atoms with Gasteiger partial charge in [-0.05, 0) is 49.9 Å². The molecule has 0 aliphatic carbocycles. The van der Waals surface area contributed by atoms with Crippen LogP contribution < -0.4 is 19.5 Å². The van der Waals surface area contributed by atoms with Crippen LogP contribution in [0.2, 0.25) is 0 Å². The van der Waals surface area contributed by atoms with Gasteiger partial charge in [0.2, 0.25) is 11.7 Å². The number of nitrogens with zero attached hydrogens (tertiary/aromatic N) is 3. The molecule has 2 heterocycles. The molecule has 1 aromatic heterocycles. The molecule has 2 aromatic carbocycles. The Kier molecular flexibility index (Phi) is 7.67. The van der Waals surface area contributed by atoms with E-state index < -0.39 is 6.04 Å². The second-order valence-corrected chi connectivity index (χ2v) is 9.22. The first-order chi connectivity index (χ1) is 17.4. The number of methoxy groups -OCH3 is 3. The van der Waals surface area contributed by atoms with Crippen LogP contribution in [0.5, 0.6) is 17.2 Å². The molecule has 1 fully saturated rings. The molecule has 0 radical (unpaired) electrons. The molecular formula is C27H34N4O5. The van der Waals surface area contributed by atoms with E-state index in [0.29, 0.717) is 34.6 Å². The molecule has 1 aliphatic rings. The molecule has 192 valence electrons. The topological polar surface area (TPSA) is 94.9 Å². The Morgan fingerprint density at radius 2 is 1.69 bits per heavy atom. The highest BCUT2D eigenvalue weighted by Gasteiger charge is 2.25. The monoisotopic (exact) mass is 494 g/mol. The highest BCUT2D eigenvalue weighted by Crippen LogP contribution is 2.38. The number of piperidine rings is 1. The molecule has 36 heavy (non-hydrogen) atoms. The first kappa shape index (κ1) is 25.3. The highest BCUT2D eigenvalue weighted by atomic mass is 16.5. The molecule has 9 heteroatoms. The smallest absolute Gasteiger partial charge is 0.252 e. The van der Waals surface area contributed by atoms with Gasteiger partial charge in [0, 0.05) is 18.7 Å². The van der Waals surface area contributed by atoms with Crippen LogP contribution in [-0.2, 0) is 11.3 Å². The van der Waals surface area contributed by atoms with E-state index in [1.165, 1.54) is 21.3 Å².